The van der Waals surface area contributed by atoms with E-state index in [2.05, 4.69) is 39.7 Å². The first kappa shape index (κ1) is 14.5. The maximum absolute atomic E-state index is 10.3. The molecule has 3 aromatic rings. The lowest BCUT2D eigenvalue weighted by Gasteiger charge is -2.17. The molecule has 1 fully saturated rings. The first-order valence-corrected chi connectivity index (χ1v) is 8.23. The third kappa shape index (κ3) is 3.02. The van der Waals surface area contributed by atoms with Crippen molar-refractivity contribution in [2.24, 2.45) is 5.92 Å². The van der Waals surface area contributed by atoms with Crippen LogP contribution in [0.1, 0.15) is 18.4 Å². The van der Waals surface area contributed by atoms with E-state index in [1.54, 1.807) is 6.20 Å². The lowest BCUT2D eigenvalue weighted by molar-refractivity contribution is 0.145. The molecule has 23 heavy (non-hydrogen) atoms. The van der Waals surface area contributed by atoms with Gasteiger partial charge in [-0.25, -0.2) is 0 Å². The summed E-state index contributed by atoms with van der Waals surface area (Å²) in [7, 11) is 0. The number of aliphatic hydroxyl groups excluding tert-OH is 1. The molecule has 0 spiro atoms. The Bertz CT molecular complexity index is 764. The Balaban J connectivity index is 1.38. The molecule has 1 aliphatic rings. The van der Waals surface area contributed by atoms with Crippen molar-refractivity contribution >= 4 is 10.9 Å². The standard InChI is InChI=1S/C18H22N4O/c23-18-10-13(12-22-8-2-6-21-22)9-17(18)20-11-14-3-1-4-16-15(14)5-7-19-16/h1-8,13,17-20,23H,9-12H2/t13?,17-,18-/m1/s1. The zero-order valence-corrected chi connectivity index (χ0v) is 13.0. The van der Waals surface area contributed by atoms with E-state index in [1.165, 1.54) is 10.9 Å². The molecule has 3 N–H and O–H groups in total. The lowest BCUT2D eigenvalue weighted by atomic mass is 10.1. The monoisotopic (exact) mass is 310 g/mol. The molecule has 2 heterocycles. The highest BCUT2D eigenvalue weighted by molar-refractivity contribution is 5.82. The molecule has 0 radical (unpaired) electrons. The molecular weight excluding hydrogens is 288 g/mol. The minimum atomic E-state index is -0.277. The van der Waals surface area contributed by atoms with Crippen LogP contribution in [0.5, 0.6) is 0 Å². The third-order valence-corrected chi connectivity index (χ3v) is 4.87. The summed E-state index contributed by atoms with van der Waals surface area (Å²) in [5.74, 6) is 0.477. The number of benzene rings is 1. The van der Waals surface area contributed by atoms with E-state index in [0.29, 0.717) is 5.92 Å². The highest BCUT2D eigenvalue weighted by Crippen LogP contribution is 2.28. The zero-order chi connectivity index (χ0) is 15.6. The molecule has 0 amide bonds. The van der Waals surface area contributed by atoms with Crippen LogP contribution in [-0.2, 0) is 13.1 Å². The fourth-order valence-electron chi connectivity index (χ4n) is 3.71. The van der Waals surface area contributed by atoms with Crippen molar-refractivity contribution in [1.29, 1.82) is 0 Å². The average Bonchev–Trinajstić information content (AvgIpc) is 3.27. The largest absolute Gasteiger partial charge is 0.391 e. The van der Waals surface area contributed by atoms with Crippen LogP contribution in [0.3, 0.4) is 0 Å². The normalized spacial score (nSPS) is 24.5. The van der Waals surface area contributed by atoms with Crippen LogP contribution in [0.4, 0.5) is 0 Å². The molecular formula is C18H22N4O. The molecule has 1 unspecified atom stereocenters. The van der Waals surface area contributed by atoms with Crippen molar-refractivity contribution in [2.75, 3.05) is 0 Å². The van der Waals surface area contributed by atoms with Gasteiger partial charge in [0.2, 0.25) is 0 Å². The highest BCUT2D eigenvalue weighted by atomic mass is 16.3. The van der Waals surface area contributed by atoms with Gasteiger partial charge in [0.15, 0.2) is 0 Å². The smallest absolute Gasteiger partial charge is 0.0696 e. The van der Waals surface area contributed by atoms with Gasteiger partial charge in [0, 0.05) is 48.6 Å². The van der Waals surface area contributed by atoms with E-state index >= 15 is 0 Å². The Kier molecular flexibility index (Phi) is 3.89. The fourth-order valence-corrected chi connectivity index (χ4v) is 3.71. The molecule has 4 rings (SSSR count). The summed E-state index contributed by atoms with van der Waals surface area (Å²) in [6, 6.07) is 10.5. The Labute approximate surface area is 135 Å². The highest BCUT2D eigenvalue weighted by Gasteiger charge is 2.32. The van der Waals surface area contributed by atoms with Crippen LogP contribution < -0.4 is 5.32 Å². The number of rotatable bonds is 5. The molecule has 2 aromatic heterocycles. The Morgan fingerprint density at radius 2 is 2.22 bits per heavy atom. The van der Waals surface area contributed by atoms with E-state index in [1.807, 2.05) is 23.1 Å². The number of hydrogen-bond acceptors (Lipinski definition) is 3. The molecule has 1 saturated carbocycles. The number of aliphatic hydroxyl groups is 1. The maximum Gasteiger partial charge on any atom is 0.0696 e. The van der Waals surface area contributed by atoms with Gasteiger partial charge in [0.1, 0.15) is 0 Å². The second kappa shape index (κ2) is 6.18. The van der Waals surface area contributed by atoms with Crippen LogP contribution in [0.2, 0.25) is 0 Å². The van der Waals surface area contributed by atoms with Crippen LogP contribution in [0.15, 0.2) is 48.9 Å². The molecule has 5 nitrogen and oxygen atoms in total. The van der Waals surface area contributed by atoms with Crippen LogP contribution in [0.25, 0.3) is 10.9 Å². The maximum atomic E-state index is 10.3. The van der Waals surface area contributed by atoms with Gasteiger partial charge in [-0.15, -0.1) is 0 Å². The van der Waals surface area contributed by atoms with Gasteiger partial charge in [-0.2, -0.15) is 5.10 Å². The number of fused-ring (bicyclic) bond motifs is 1. The lowest BCUT2D eigenvalue weighted by Crippen LogP contribution is -2.35. The SMILES string of the molecule is O[C@@H]1CC(Cn2cccn2)C[C@H]1NCc1cccc2[nH]ccc12. The van der Waals surface area contributed by atoms with Gasteiger partial charge < -0.3 is 15.4 Å². The van der Waals surface area contributed by atoms with Gasteiger partial charge in [0.05, 0.1) is 6.10 Å². The predicted octanol–water partition coefficient (Wildman–Crippen LogP) is 2.29. The van der Waals surface area contributed by atoms with Crippen LogP contribution >= 0.6 is 0 Å². The fraction of sp³-hybridized carbons (Fsp3) is 0.389. The second-order valence-corrected chi connectivity index (χ2v) is 6.48. The summed E-state index contributed by atoms with van der Waals surface area (Å²) in [4.78, 5) is 3.24. The Morgan fingerprint density at radius 3 is 3.09 bits per heavy atom. The van der Waals surface area contributed by atoms with E-state index < -0.39 is 0 Å². The number of aromatic amines is 1. The summed E-state index contributed by atoms with van der Waals surface area (Å²) in [5.41, 5.74) is 2.43. The van der Waals surface area contributed by atoms with E-state index in [0.717, 1.165) is 31.4 Å². The van der Waals surface area contributed by atoms with E-state index in [9.17, 15) is 5.11 Å². The molecule has 0 saturated heterocycles. The third-order valence-electron chi connectivity index (χ3n) is 4.87. The first-order chi connectivity index (χ1) is 11.3. The van der Waals surface area contributed by atoms with Crippen molar-refractivity contribution in [2.45, 2.75) is 38.1 Å². The van der Waals surface area contributed by atoms with Gasteiger partial charge in [0.25, 0.3) is 0 Å². The number of nitrogens with zero attached hydrogens (tertiary/aromatic N) is 2. The molecule has 3 atom stereocenters. The summed E-state index contributed by atoms with van der Waals surface area (Å²) < 4.78 is 1.96. The number of aromatic nitrogens is 3. The Hall–Kier alpha value is -2.11. The minimum Gasteiger partial charge on any atom is -0.391 e. The quantitative estimate of drug-likeness (QED) is 0.677. The van der Waals surface area contributed by atoms with Gasteiger partial charge in [-0.3, -0.25) is 4.68 Å². The van der Waals surface area contributed by atoms with Gasteiger partial charge in [-0.05, 0) is 42.5 Å². The topological polar surface area (TPSA) is 65.9 Å². The molecule has 0 aliphatic heterocycles. The second-order valence-electron chi connectivity index (χ2n) is 6.48. The van der Waals surface area contributed by atoms with Crippen molar-refractivity contribution < 1.29 is 5.11 Å². The number of hydrogen-bond donors (Lipinski definition) is 3. The summed E-state index contributed by atoms with van der Waals surface area (Å²) in [6.45, 7) is 1.67. The summed E-state index contributed by atoms with van der Waals surface area (Å²) >= 11 is 0. The average molecular weight is 310 g/mol. The van der Waals surface area contributed by atoms with Gasteiger partial charge in [-0.1, -0.05) is 12.1 Å². The zero-order valence-electron chi connectivity index (χ0n) is 13.0. The number of H-pyrrole nitrogens is 1. The summed E-state index contributed by atoms with van der Waals surface area (Å²) in [5, 5.41) is 19.4. The molecule has 0 bridgehead atoms. The first-order valence-electron chi connectivity index (χ1n) is 8.23. The predicted molar refractivity (Wildman–Crippen MR) is 89.9 cm³/mol. The van der Waals surface area contributed by atoms with Gasteiger partial charge >= 0.3 is 0 Å². The van der Waals surface area contributed by atoms with Crippen molar-refractivity contribution in [3.63, 3.8) is 0 Å². The van der Waals surface area contributed by atoms with Crippen molar-refractivity contribution in [1.82, 2.24) is 20.1 Å². The van der Waals surface area contributed by atoms with E-state index in [4.69, 9.17) is 0 Å². The molecule has 5 heteroatoms. The van der Waals surface area contributed by atoms with Crippen molar-refractivity contribution in [3.05, 3.63) is 54.5 Å². The molecule has 1 aliphatic carbocycles. The summed E-state index contributed by atoms with van der Waals surface area (Å²) in [6.07, 6.45) is 7.31. The minimum absolute atomic E-state index is 0.157. The molecule has 120 valence electrons. The van der Waals surface area contributed by atoms with E-state index in [-0.39, 0.29) is 12.1 Å². The Morgan fingerprint density at radius 1 is 1.26 bits per heavy atom. The van der Waals surface area contributed by atoms with Crippen LogP contribution in [0, 0.1) is 5.92 Å². The molecule has 1 aromatic carbocycles. The number of nitrogens with one attached hydrogen (secondary N) is 2. The van der Waals surface area contributed by atoms with Crippen LogP contribution in [-0.4, -0.2) is 32.0 Å². The van der Waals surface area contributed by atoms with Crippen molar-refractivity contribution in [3.8, 4) is 0 Å².